The number of nitrogens with zero attached hydrogens (tertiary/aromatic N) is 2. The summed E-state index contributed by atoms with van der Waals surface area (Å²) < 4.78 is 5.56. The summed E-state index contributed by atoms with van der Waals surface area (Å²) in [5.74, 6) is 1.88. The van der Waals surface area contributed by atoms with Crippen LogP contribution in [-0.4, -0.2) is 34.3 Å². The van der Waals surface area contributed by atoms with Gasteiger partial charge in [-0.1, -0.05) is 6.92 Å². The highest BCUT2D eigenvalue weighted by Crippen LogP contribution is 2.24. The SMILES string of the molecule is CCCOc1cc(C)nc(NCC2CCC(O)CC2)n1. The second-order valence-electron chi connectivity index (χ2n) is 5.58. The van der Waals surface area contributed by atoms with Crippen LogP contribution in [0.1, 0.15) is 44.7 Å². The fourth-order valence-electron chi connectivity index (χ4n) is 2.48. The van der Waals surface area contributed by atoms with Crippen LogP contribution in [0.15, 0.2) is 6.07 Å². The first kappa shape index (κ1) is 15.0. The number of ether oxygens (including phenoxy) is 1. The molecular formula is C15H25N3O2. The summed E-state index contributed by atoms with van der Waals surface area (Å²) in [4.78, 5) is 8.77. The predicted molar refractivity (Wildman–Crippen MR) is 79.0 cm³/mol. The molecule has 5 nitrogen and oxygen atoms in total. The van der Waals surface area contributed by atoms with E-state index in [9.17, 15) is 5.11 Å². The van der Waals surface area contributed by atoms with Gasteiger partial charge in [0.1, 0.15) is 0 Å². The van der Waals surface area contributed by atoms with Crippen molar-refractivity contribution in [3.63, 3.8) is 0 Å². The molecule has 1 aromatic rings. The lowest BCUT2D eigenvalue weighted by Crippen LogP contribution is -2.24. The number of nitrogens with one attached hydrogen (secondary N) is 1. The number of anilines is 1. The van der Waals surface area contributed by atoms with E-state index >= 15 is 0 Å². The van der Waals surface area contributed by atoms with E-state index in [1.54, 1.807) is 0 Å². The molecule has 1 heterocycles. The summed E-state index contributed by atoms with van der Waals surface area (Å²) in [6.45, 7) is 5.56. The Bertz CT molecular complexity index is 418. The van der Waals surface area contributed by atoms with Gasteiger partial charge in [0.25, 0.3) is 0 Å². The molecule has 0 unspecified atom stereocenters. The molecule has 0 saturated heterocycles. The molecular weight excluding hydrogens is 254 g/mol. The first-order valence-corrected chi connectivity index (χ1v) is 7.57. The third-order valence-corrected chi connectivity index (χ3v) is 3.65. The second-order valence-corrected chi connectivity index (χ2v) is 5.58. The molecule has 5 heteroatoms. The Hall–Kier alpha value is -1.36. The predicted octanol–water partition coefficient (Wildman–Crippen LogP) is 2.54. The normalized spacial score (nSPS) is 22.6. The van der Waals surface area contributed by atoms with E-state index in [0.717, 1.165) is 44.3 Å². The van der Waals surface area contributed by atoms with Crippen LogP contribution in [0.2, 0.25) is 0 Å². The number of aromatic nitrogens is 2. The molecule has 1 saturated carbocycles. The van der Waals surface area contributed by atoms with Crippen LogP contribution in [0.4, 0.5) is 5.95 Å². The molecule has 0 aromatic carbocycles. The fraction of sp³-hybridized carbons (Fsp3) is 0.733. The molecule has 0 spiro atoms. The zero-order chi connectivity index (χ0) is 14.4. The van der Waals surface area contributed by atoms with Crippen LogP contribution in [0, 0.1) is 12.8 Å². The molecule has 0 atom stereocenters. The van der Waals surface area contributed by atoms with Crippen molar-refractivity contribution in [2.75, 3.05) is 18.5 Å². The lowest BCUT2D eigenvalue weighted by molar-refractivity contribution is 0.111. The molecule has 0 radical (unpaired) electrons. The first-order chi connectivity index (χ1) is 9.67. The highest BCUT2D eigenvalue weighted by molar-refractivity contribution is 5.30. The van der Waals surface area contributed by atoms with Gasteiger partial charge in [-0.3, -0.25) is 0 Å². The topological polar surface area (TPSA) is 67.3 Å². The third kappa shape index (κ3) is 4.63. The Labute approximate surface area is 120 Å². The summed E-state index contributed by atoms with van der Waals surface area (Å²) in [5, 5.41) is 12.8. The maximum Gasteiger partial charge on any atom is 0.226 e. The maximum absolute atomic E-state index is 9.51. The van der Waals surface area contributed by atoms with E-state index in [1.165, 1.54) is 0 Å². The van der Waals surface area contributed by atoms with Gasteiger partial charge < -0.3 is 15.2 Å². The van der Waals surface area contributed by atoms with Crippen molar-refractivity contribution >= 4 is 5.95 Å². The minimum Gasteiger partial charge on any atom is -0.478 e. The molecule has 2 rings (SSSR count). The van der Waals surface area contributed by atoms with Crippen LogP contribution in [-0.2, 0) is 0 Å². The van der Waals surface area contributed by atoms with E-state index in [1.807, 2.05) is 13.0 Å². The van der Waals surface area contributed by atoms with Gasteiger partial charge in [-0.15, -0.1) is 0 Å². The van der Waals surface area contributed by atoms with E-state index in [0.29, 0.717) is 24.4 Å². The number of aliphatic hydroxyl groups is 1. The Morgan fingerprint density at radius 3 is 2.75 bits per heavy atom. The van der Waals surface area contributed by atoms with Crippen molar-refractivity contribution in [2.45, 2.75) is 52.1 Å². The summed E-state index contributed by atoms with van der Waals surface area (Å²) in [5.41, 5.74) is 0.910. The van der Waals surface area contributed by atoms with Crippen molar-refractivity contribution in [3.8, 4) is 5.88 Å². The molecule has 2 N–H and O–H groups in total. The molecule has 1 aromatic heterocycles. The van der Waals surface area contributed by atoms with Crippen LogP contribution < -0.4 is 10.1 Å². The van der Waals surface area contributed by atoms with Crippen LogP contribution >= 0.6 is 0 Å². The smallest absolute Gasteiger partial charge is 0.226 e. The molecule has 1 aliphatic rings. The first-order valence-electron chi connectivity index (χ1n) is 7.57. The van der Waals surface area contributed by atoms with Gasteiger partial charge in [-0.2, -0.15) is 4.98 Å². The van der Waals surface area contributed by atoms with Crippen molar-refractivity contribution in [3.05, 3.63) is 11.8 Å². The highest BCUT2D eigenvalue weighted by atomic mass is 16.5. The van der Waals surface area contributed by atoms with Crippen molar-refractivity contribution < 1.29 is 9.84 Å². The van der Waals surface area contributed by atoms with Gasteiger partial charge in [0.15, 0.2) is 0 Å². The third-order valence-electron chi connectivity index (χ3n) is 3.65. The molecule has 1 aliphatic carbocycles. The van der Waals surface area contributed by atoms with Gasteiger partial charge in [0.2, 0.25) is 11.8 Å². The lowest BCUT2D eigenvalue weighted by atomic mass is 9.87. The van der Waals surface area contributed by atoms with E-state index in [4.69, 9.17) is 4.74 Å². The zero-order valence-electron chi connectivity index (χ0n) is 12.4. The number of rotatable bonds is 6. The standard InChI is InChI=1S/C15H25N3O2/c1-3-8-20-14-9-11(2)17-15(18-14)16-10-12-4-6-13(19)7-5-12/h9,12-13,19H,3-8,10H2,1-2H3,(H,16,17,18). The fourth-order valence-corrected chi connectivity index (χ4v) is 2.48. The van der Waals surface area contributed by atoms with Gasteiger partial charge >= 0.3 is 0 Å². The van der Waals surface area contributed by atoms with Crippen molar-refractivity contribution in [2.24, 2.45) is 5.92 Å². The number of aliphatic hydroxyl groups excluding tert-OH is 1. The number of aryl methyl sites for hydroxylation is 1. The Morgan fingerprint density at radius 1 is 1.30 bits per heavy atom. The minimum atomic E-state index is -0.101. The Morgan fingerprint density at radius 2 is 2.05 bits per heavy atom. The molecule has 20 heavy (non-hydrogen) atoms. The summed E-state index contributed by atoms with van der Waals surface area (Å²) in [6.07, 6.45) is 4.82. The van der Waals surface area contributed by atoms with Crippen LogP contribution in [0.25, 0.3) is 0 Å². The summed E-state index contributed by atoms with van der Waals surface area (Å²) in [7, 11) is 0. The summed E-state index contributed by atoms with van der Waals surface area (Å²) >= 11 is 0. The quantitative estimate of drug-likeness (QED) is 0.837. The second kappa shape index (κ2) is 7.43. The van der Waals surface area contributed by atoms with Crippen LogP contribution in [0.5, 0.6) is 5.88 Å². The molecule has 0 amide bonds. The molecule has 112 valence electrons. The van der Waals surface area contributed by atoms with Gasteiger partial charge in [0.05, 0.1) is 12.7 Å². The maximum atomic E-state index is 9.51. The molecule has 1 fully saturated rings. The van der Waals surface area contributed by atoms with Gasteiger partial charge in [-0.25, -0.2) is 4.98 Å². The minimum absolute atomic E-state index is 0.101. The van der Waals surface area contributed by atoms with E-state index in [-0.39, 0.29) is 6.10 Å². The average Bonchev–Trinajstić information content (AvgIpc) is 2.44. The van der Waals surface area contributed by atoms with E-state index in [2.05, 4.69) is 22.2 Å². The van der Waals surface area contributed by atoms with Gasteiger partial charge in [0, 0.05) is 18.3 Å². The molecule has 0 bridgehead atoms. The number of hydrogen-bond donors (Lipinski definition) is 2. The van der Waals surface area contributed by atoms with Crippen LogP contribution in [0.3, 0.4) is 0 Å². The average molecular weight is 279 g/mol. The van der Waals surface area contributed by atoms with Crippen molar-refractivity contribution in [1.29, 1.82) is 0 Å². The Kier molecular flexibility index (Phi) is 5.59. The lowest BCUT2D eigenvalue weighted by Gasteiger charge is -2.25. The molecule has 0 aliphatic heterocycles. The summed E-state index contributed by atoms with van der Waals surface area (Å²) in [6, 6.07) is 1.86. The van der Waals surface area contributed by atoms with E-state index < -0.39 is 0 Å². The van der Waals surface area contributed by atoms with Crippen molar-refractivity contribution in [1.82, 2.24) is 9.97 Å². The Balaban J connectivity index is 1.87. The highest BCUT2D eigenvalue weighted by Gasteiger charge is 2.19. The monoisotopic (exact) mass is 279 g/mol. The zero-order valence-corrected chi connectivity index (χ0v) is 12.4. The largest absolute Gasteiger partial charge is 0.478 e. The number of hydrogen-bond acceptors (Lipinski definition) is 5. The van der Waals surface area contributed by atoms with Gasteiger partial charge in [-0.05, 0) is 44.9 Å².